The van der Waals surface area contributed by atoms with E-state index < -0.39 is 0 Å². The van der Waals surface area contributed by atoms with E-state index in [1.165, 1.54) is 6.42 Å². The van der Waals surface area contributed by atoms with Crippen LogP contribution in [-0.2, 0) is 12.8 Å². The highest BCUT2D eigenvalue weighted by Crippen LogP contribution is 2.26. The van der Waals surface area contributed by atoms with Gasteiger partial charge in [-0.25, -0.2) is 4.98 Å². The van der Waals surface area contributed by atoms with E-state index in [0.29, 0.717) is 11.3 Å². The maximum Gasteiger partial charge on any atom is 0.194 e. The Hall–Kier alpha value is -0.830. The quantitative estimate of drug-likeness (QED) is 0.755. The molecule has 18 heavy (non-hydrogen) atoms. The van der Waals surface area contributed by atoms with Gasteiger partial charge in [0.05, 0.1) is 6.20 Å². The molecule has 1 heterocycles. The summed E-state index contributed by atoms with van der Waals surface area (Å²) in [7, 11) is 1.97. The summed E-state index contributed by atoms with van der Waals surface area (Å²) in [5.41, 5.74) is 0.384. The second kappa shape index (κ2) is 6.93. The lowest BCUT2D eigenvalue weighted by molar-refractivity contribution is 0.294. The molecular weight excluding hydrogens is 224 g/mol. The van der Waals surface area contributed by atoms with E-state index in [9.17, 15) is 0 Å². The van der Waals surface area contributed by atoms with Crippen LogP contribution in [0.25, 0.3) is 0 Å². The number of oxazole rings is 1. The molecule has 3 nitrogen and oxygen atoms in total. The predicted octanol–water partition coefficient (Wildman–Crippen LogP) is 3.44. The molecule has 1 rings (SSSR count). The van der Waals surface area contributed by atoms with Crippen LogP contribution in [0.5, 0.6) is 0 Å². The summed E-state index contributed by atoms with van der Waals surface area (Å²) in [6, 6.07) is 0. The van der Waals surface area contributed by atoms with E-state index in [-0.39, 0.29) is 0 Å². The van der Waals surface area contributed by atoms with Crippen LogP contribution in [-0.4, -0.2) is 18.6 Å². The third kappa shape index (κ3) is 6.20. The molecule has 0 fully saturated rings. The lowest BCUT2D eigenvalue weighted by atomic mass is 9.84. The number of nitrogens with zero attached hydrogens (tertiary/aromatic N) is 1. The van der Waals surface area contributed by atoms with Crippen molar-refractivity contribution in [2.45, 2.75) is 53.4 Å². The summed E-state index contributed by atoms with van der Waals surface area (Å²) in [6.07, 6.45) is 6.11. The second-order valence-corrected chi connectivity index (χ2v) is 6.50. The second-order valence-electron chi connectivity index (χ2n) is 6.50. The zero-order valence-electron chi connectivity index (χ0n) is 12.5. The Balaban J connectivity index is 2.38. The highest BCUT2D eigenvalue weighted by Gasteiger charge is 2.17. The Bertz CT molecular complexity index is 339. The van der Waals surface area contributed by atoms with Crippen LogP contribution in [0, 0.1) is 11.3 Å². The summed E-state index contributed by atoms with van der Waals surface area (Å²) >= 11 is 0. The van der Waals surface area contributed by atoms with Crippen molar-refractivity contribution in [1.82, 2.24) is 10.3 Å². The van der Waals surface area contributed by atoms with E-state index in [4.69, 9.17) is 4.42 Å². The van der Waals surface area contributed by atoms with Crippen molar-refractivity contribution < 1.29 is 4.42 Å². The van der Waals surface area contributed by atoms with E-state index in [1.54, 1.807) is 0 Å². The van der Waals surface area contributed by atoms with Gasteiger partial charge in [0.1, 0.15) is 5.76 Å². The highest BCUT2D eigenvalue weighted by molar-refractivity contribution is 4.96. The normalized spacial score (nSPS) is 13.8. The molecule has 0 radical (unpaired) electrons. The zero-order chi connectivity index (χ0) is 13.6. The average Bonchev–Trinajstić information content (AvgIpc) is 2.63. The van der Waals surface area contributed by atoms with Crippen LogP contribution in [0.3, 0.4) is 0 Å². The van der Waals surface area contributed by atoms with Gasteiger partial charge in [-0.1, -0.05) is 27.7 Å². The van der Waals surface area contributed by atoms with E-state index in [2.05, 4.69) is 38.0 Å². The maximum absolute atomic E-state index is 5.78. The first-order valence-electron chi connectivity index (χ1n) is 6.99. The third-order valence-electron chi connectivity index (χ3n) is 2.93. The molecular formula is C15H28N2O. The van der Waals surface area contributed by atoms with Crippen molar-refractivity contribution in [3.63, 3.8) is 0 Å². The SMILES string of the molecule is CNCCCc1ncc(CC(C)CC(C)(C)C)o1. The number of aromatic nitrogens is 1. The van der Waals surface area contributed by atoms with Gasteiger partial charge in [0.15, 0.2) is 5.89 Å². The van der Waals surface area contributed by atoms with Crippen molar-refractivity contribution in [3.05, 3.63) is 17.8 Å². The Morgan fingerprint density at radius 1 is 1.39 bits per heavy atom. The lowest BCUT2D eigenvalue weighted by Gasteiger charge is -2.22. The van der Waals surface area contributed by atoms with E-state index in [1.807, 2.05) is 13.2 Å². The lowest BCUT2D eigenvalue weighted by Crippen LogP contribution is -2.12. The molecule has 0 aliphatic rings. The van der Waals surface area contributed by atoms with Crippen molar-refractivity contribution in [3.8, 4) is 0 Å². The summed E-state index contributed by atoms with van der Waals surface area (Å²) in [6.45, 7) is 10.2. The average molecular weight is 252 g/mol. The summed E-state index contributed by atoms with van der Waals surface area (Å²) in [5, 5.41) is 3.13. The van der Waals surface area contributed by atoms with Crippen LogP contribution in [0.15, 0.2) is 10.6 Å². The van der Waals surface area contributed by atoms with Crippen LogP contribution in [0.2, 0.25) is 0 Å². The molecule has 1 atom stereocenters. The molecule has 1 aromatic rings. The van der Waals surface area contributed by atoms with Crippen LogP contribution < -0.4 is 5.32 Å². The fourth-order valence-corrected chi connectivity index (χ4v) is 2.44. The third-order valence-corrected chi connectivity index (χ3v) is 2.93. The van der Waals surface area contributed by atoms with Gasteiger partial charge in [0, 0.05) is 12.8 Å². The minimum absolute atomic E-state index is 0.384. The molecule has 0 aromatic carbocycles. The Labute approximate surface area is 111 Å². The number of rotatable bonds is 7. The van der Waals surface area contributed by atoms with Crippen molar-refractivity contribution >= 4 is 0 Å². The molecule has 0 bridgehead atoms. The van der Waals surface area contributed by atoms with Gasteiger partial charge in [-0.3, -0.25) is 0 Å². The van der Waals surface area contributed by atoms with Gasteiger partial charge >= 0.3 is 0 Å². The molecule has 0 amide bonds. The summed E-state index contributed by atoms with van der Waals surface area (Å²) in [5.74, 6) is 2.55. The largest absolute Gasteiger partial charge is 0.446 e. The van der Waals surface area contributed by atoms with E-state index >= 15 is 0 Å². The van der Waals surface area contributed by atoms with Gasteiger partial charge in [0.25, 0.3) is 0 Å². The first-order chi connectivity index (χ1) is 8.40. The minimum atomic E-state index is 0.384. The first-order valence-corrected chi connectivity index (χ1v) is 6.99. The minimum Gasteiger partial charge on any atom is -0.446 e. The number of nitrogens with one attached hydrogen (secondary N) is 1. The van der Waals surface area contributed by atoms with Gasteiger partial charge in [-0.15, -0.1) is 0 Å². The van der Waals surface area contributed by atoms with Gasteiger partial charge in [0.2, 0.25) is 0 Å². The Morgan fingerprint density at radius 2 is 2.11 bits per heavy atom. The Morgan fingerprint density at radius 3 is 2.72 bits per heavy atom. The van der Waals surface area contributed by atoms with E-state index in [0.717, 1.165) is 37.5 Å². The molecule has 0 spiro atoms. The molecule has 0 saturated carbocycles. The monoisotopic (exact) mass is 252 g/mol. The Kier molecular flexibility index (Phi) is 5.86. The van der Waals surface area contributed by atoms with Crippen LogP contribution in [0.4, 0.5) is 0 Å². The van der Waals surface area contributed by atoms with Gasteiger partial charge in [-0.2, -0.15) is 0 Å². The zero-order valence-corrected chi connectivity index (χ0v) is 12.5. The summed E-state index contributed by atoms with van der Waals surface area (Å²) in [4.78, 5) is 4.34. The van der Waals surface area contributed by atoms with Crippen LogP contribution >= 0.6 is 0 Å². The van der Waals surface area contributed by atoms with Crippen molar-refractivity contribution in [2.24, 2.45) is 11.3 Å². The van der Waals surface area contributed by atoms with Gasteiger partial charge in [-0.05, 0) is 37.8 Å². The maximum atomic E-state index is 5.78. The topological polar surface area (TPSA) is 38.1 Å². The highest BCUT2D eigenvalue weighted by atomic mass is 16.4. The van der Waals surface area contributed by atoms with Crippen molar-refractivity contribution in [2.75, 3.05) is 13.6 Å². The molecule has 1 unspecified atom stereocenters. The summed E-state index contributed by atoms with van der Waals surface area (Å²) < 4.78 is 5.78. The fourth-order valence-electron chi connectivity index (χ4n) is 2.44. The molecule has 0 aliphatic carbocycles. The molecule has 104 valence electrons. The first kappa shape index (κ1) is 15.2. The molecule has 1 aromatic heterocycles. The number of hydrogen-bond acceptors (Lipinski definition) is 3. The van der Waals surface area contributed by atoms with Crippen LogP contribution in [0.1, 0.15) is 52.2 Å². The predicted molar refractivity (Wildman–Crippen MR) is 75.7 cm³/mol. The smallest absolute Gasteiger partial charge is 0.194 e. The number of hydrogen-bond donors (Lipinski definition) is 1. The standard InChI is InChI=1S/C15H28N2O/c1-12(10-15(2,3)4)9-13-11-17-14(18-13)7-6-8-16-5/h11-12,16H,6-10H2,1-5H3. The molecule has 1 N–H and O–H groups in total. The number of aryl methyl sites for hydroxylation is 1. The fraction of sp³-hybridized carbons (Fsp3) is 0.800. The molecule has 0 saturated heterocycles. The van der Waals surface area contributed by atoms with Crippen molar-refractivity contribution in [1.29, 1.82) is 0 Å². The molecule has 0 aliphatic heterocycles. The molecule has 3 heteroatoms. The van der Waals surface area contributed by atoms with Gasteiger partial charge < -0.3 is 9.73 Å².